The Labute approximate surface area is 111 Å². The number of carbonyl (C=O) groups excluding carboxylic acids is 2. The first-order valence-corrected chi connectivity index (χ1v) is 6.33. The number of hydrogen-bond acceptors (Lipinski definition) is 3. The lowest BCUT2D eigenvalue weighted by molar-refractivity contribution is -0.125. The highest BCUT2D eigenvalue weighted by molar-refractivity contribution is 6.08. The lowest BCUT2D eigenvalue weighted by Gasteiger charge is -2.35. The number of benzene rings is 1. The second kappa shape index (κ2) is 3.73. The molecular weight excluding hydrogens is 244 g/mol. The van der Waals surface area contributed by atoms with E-state index in [0.717, 1.165) is 28.0 Å². The van der Waals surface area contributed by atoms with E-state index in [2.05, 4.69) is 10.6 Å². The number of carbonyl (C=O) groups is 2. The first-order chi connectivity index (χ1) is 8.95. The average Bonchev–Trinajstić information content (AvgIpc) is 2.61. The summed E-state index contributed by atoms with van der Waals surface area (Å²) in [6.07, 6.45) is 0.459. The van der Waals surface area contributed by atoms with Gasteiger partial charge in [0.2, 0.25) is 0 Å². The quantitative estimate of drug-likeness (QED) is 0.693. The minimum Gasteiger partial charge on any atom is -0.493 e. The van der Waals surface area contributed by atoms with Crippen LogP contribution < -0.4 is 15.4 Å². The van der Waals surface area contributed by atoms with E-state index < -0.39 is 11.6 Å². The fraction of sp³-hybridized carbons (Fsp3) is 0.429. The zero-order valence-corrected chi connectivity index (χ0v) is 11.2. The van der Waals surface area contributed by atoms with Gasteiger partial charge < -0.3 is 10.1 Å². The normalized spacial score (nSPS) is 24.8. The van der Waals surface area contributed by atoms with Gasteiger partial charge in [0.1, 0.15) is 5.75 Å². The van der Waals surface area contributed by atoms with Gasteiger partial charge in [-0.15, -0.1) is 0 Å². The summed E-state index contributed by atoms with van der Waals surface area (Å²) < 4.78 is 5.75. The Morgan fingerprint density at radius 2 is 1.95 bits per heavy atom. The van der Waals surface area contributed by atoms with Crippen LogP contribution in [-0.4, -0.2) is 18.5 Å². The molecule has 3 rings (SSSR count). The molecule has 1 aromatic carbocycles. The van der Waals surface area contributed by atoms with Crippen molar-refractivity contribution in [3.63, 3.8) is 0 Å². The SMILES string of the molecule is Cc1cc(C)c2c(c1C)OCCC21NC(=O)NC1=O. The molecule has 1 fully saturated rings. The number of ether oxygens (including phenoxy) is 1. The number of amides is 3. The third-order valence-electron chi connectivity index (χ3n) is 4.08. The molecule has 1 spiro atoms. The van der Waals surface area contributed by atoms with Crippen molar-refractivity contribution < 1.29 is 14.3 Å². The van der Waals surface area contributed by atoms with Crippen molar-refractivity contribution in [3.05, 3.63) is 28.3 Å². The van der Waals surface area contributed by atoms with Gasteiger partial charge in [-0.2, -0.15) is 0 Å². The smallest absolute Gasteiger partial charge is 0.322 e. The lowest BCUT2D eigenvalue weighted by Crippen LogP contribution is -2.48. The van der Waals surface area contributed by atoms with Crippen LogP contribution in [0, 0.1) is 20.8 Å². The molecule has 5 heteroatoms. The maximum atomic E-state index is 12.2. The van der Waals surface area contributed by atoms with Crippen LogP contribution in [-0.2, 0) is 10.3 Å². The Morgan fingerprint density at radius 1 is 1.21 bits per heavy atom. The molecular formula is C14H16N2O3. The van der Waals surface area contributed by atoms with Gasteiger partial charge in [0.25, 0.3) is 5.91 Å². The minimum atomic E-state index is -0.965. The van der Waals surface area contributed by atoms with Crippen LogP contribution in [0.4, 0.5) is 4.79 Å². The van der Waals surface area contributed by atoms with Crippen LogP contribution in [0.25, 0.3) is 0 Å². The summed E-state index contributed by atoms with van der Waals surface area (Å²) >= 11 is 0. The zero-order chi connectivity index (χ0) is 13.8. The summed E-state index contributed by atoms with van der Waals surface area (Å²) in [5, 5.41) is 5.12. The molecule has 1 atom stereocenters. The van der Waals surface area contributed by atoms with Crippen molar-refractivity contribution in [2.45, 2.75) is 32.7 Å². The van der Waals surface area contributed by atoms with E-state index in [1.807, 2.05) is 26.8 Å². The number of aryl methyl sites for hydroxylation is 2. The fourth-order valence-electron chi connectivity index (χ4n) is 3.04. The van der Waals surface area contributed by atoms with Crippen LogP contribution in [0.2, 0.25) is 0 Å². The van der Waals surface area contributed by atoms with E-state index in [1.165, 1.54) is 0 Å². The van der Waals surface area contributed by atoms with Crippen molar-refractivity contribution in [2.75, 3.05) is 6.61 Å². The second-order valence-corrected chi connectivity index (χ2v) is 5.25. The molecule has 2 aliphatic heterocycles. The molecule has 0 aliphatic carbocycles. The summed E-state index contributed by atoms with van der Waals surface area (Å²) in [5.41, 5.74) is 2.94. The number of nitrogens with one attached hydrogen (secondary N) is 2. The van der Waals surface area contributed by atoms with Gasteiger partial charge in [-0.1, -0.05) is 6.07 Å². The molecule has 1 aromatic rings. The minimum absolute atomic E-state index is 0.284. The number of rotatable bonds is 0. The van der Waals surface area contributed by atoms with Gasteiger partial charge in [-0.25, -0.2) is 4.79 Å². The molecule has 0 saturated carbocycles. The molecule has 1 saturated heterocycles. The number of hydrogen-bond donors (Lipinski definition) is 2. The van der Waals surface area contributed by atoms with E-state index in [9.17, 15) is 9.59 Å². The standard InChI is InChI=1S/C14H16N2O3/c1-7-6-8(2)10-11(9(7)3)19-5-4-14(10)12(17)15-13(18)16-14/h6H,4-5H2,1-3H3,(H2,15,16,17,18). The summed E-state index contributed by atoms with van der Waals surface area (Å²) in [6.45, 7) is 6.35. The molecule has 1 unspecified atom stereocenters. The van der Waals surface area contributed by atoms with Crippen molar-refractivity contribution in [1.82, 2.24) is 10.6 Å². The van der Waals surface area contributed by atoms with Gasteiger partial charge in [-0.3, -0.25) is 10.1 Å². The Bertz CT molecular complexity index is 609. The van der Waals surface area contributed by atoms with E-state index >= 15 is 0 Å². The molecule has 100 valence electrons. The van der Waals surface area contributed by atoms with E-state index in [4.69, 9.17) is 4.74 Å². The third-order valence-corrected chi connectivity index (χ3v) is 4.08. The largest absolute Gasteiger partial charge is 0.493 e. The predicted octanol–water partition coefficient (Wildman–Crippen LogP) is 1.43. The van der Waals surface area contributed by atoms with Crippen LogP contribution in [0.1, 0.15) is 28.7 Å². The predicted molar refractivity (Wildman–Crippen MR) is 69.1 cm³/mol. The Morgan fingerprint density at radius 3 is 2.58 bits per heavy atom. The monoisotopic (exact) mass is 260 g/mol. The topological polar surface area (TPSA) is 67.4 Å². The molecule has 2 N–H and O–H groups in total. The van der Waals surface area contributed by atoms with Crippen LogP contribution in [0.15, 0.2) is 6.07 Å². The van der Waals surface area contributed by atoms with E-state index in [1.54, 1.807) is 0 Å². The van der Waals surface area contributed by atoms with Gasteiger partial charge in [0.05, 0.1) is 6.61 Å². The highest BCUT2D eigenvalue weighted by Crippen LogP contribution is 2.43. The van der Waals surface area contributed by atoms with Crippen LogP contribution in [0.5, 0.6) is 5.75 Å². The molecule has 5 nitrogen and oxygen atoms in total. The zero-order valence-electron chi connectivity index (χ0n) is 11.2. The van der Waals surface area contributed by atoms with Crippen LogP contribution >= 0.6 is 0 Å². The molecule has 2 heterocycles. The van der Waals surface area contributed by atoms with Crippen molar-refractivity contribution in [3.8, 4) is 5.75 Å². The van der Waals surface area contributed by atoms with E-state index in [0.29, 0.717) is 13.0 Å². The lowest BCUT2D eigenvalue weighted by atomic mass is 9.80. The third kappa shape index (κ3) is 1.47. The summed E-state index contributed by atoms with van der Waals surface area (Å²) in [4.78, 5) is 23.7. The number of fused-ring (bicyclic) bond motifs is 2. The van der Waals surface area contributed by atoms with E-state index in [-0.39, 0.29) is 5.91 Å². The van der Waals surface area contributed by atoms with Gasteiger partial charge in [0.15, 0.2) is 5.54 Å². The average molecular weight is 260 g/mol. The number of imide groups is 1. The first-order valence-electron chi connectivity index (χ1n) is 6.33. The highest BCUT2D eigenvalue weighted by atomic mass is 16.5. The molecule has 0 bridgehead atoms. The highest BCUT2D eigenvalue weighted by Gasteiger charge is 2.52. The second-order valence-electron chi connectivity index (χ2n) is 5.25. The van der Waals surface area contributed by atoms with Crippen molar-refractivity contribution in [1.29, 1.82) is 0 Å². The summed E-state index contributed by atoms with van der Waals surface area (Å²) in [7, 11) is 0. The Kier molecular flexibility index (Phi) is 2.36. The van der Waals surface area contributed by atoms with Crippen molar-refractivity contribution >= 4 is 11.9 Å². The molecule has 2 aliphatic rings. The molecule has 3 amide bonds. The maximum Gasteiger partial charge on any atom is 0.322 e. The fourth-order valence-corrected chi connectivity index (χ4v) is 3.04. The molecule has 0 radical (unpaired) electrons. The van der Waals surface area contributed by atoms with Gasteiger partial charge >= 0.3 is 6.03 Å². The van der Waals surface area contributed by atoms with Gasteiger partial charge in [-0.05, 0) is 37.5 Å². The Balaban J connectivity index is 2.29. The number of urea groups is 1. The van der Waals surface area contributed by atoms with Gasteiger partial charge in [0, 0.05) is 12.0 Å². The summed E-state index contributed by atoms with van der Waals surface area (Å²) in [6, 6.07) is 1.60. The summed E-state index contributed by atoms with van der Waals surface area (Å²) in [5.74, 6) is 0.453. The molecule has 0 aromatic heterocycles. The Hall–Kier alpha value is -2.04. The first kappa shape index (κ1) is 12.0. The van der Waals surface area contributed by atoms with Crippen molar-refractivity contribution in [2.24, 2.45) is 0 Å². The molecule has 19 heavy (non-hydrogen) atoms. The maximum absolute atomic E-state index is 12.2. The van der Waals surface area contributed by atoms with Crippen LogP contribution in [0.3, 0.4) is 0 Å².